The standard InChI is InChI=1S/C14H21N3O4/c1-14(2,3)21-13(20)17-11(6-9-18)12(19)16-10-4-7-15-8-5-10/h4-5,7-8,11,18H,6,9H2,1-3H3,(H,17,20)(H,15,16,19)/t11-/m0/s1. The molecule has 0 unspecified atom stereocenters. The van der Waals surface area contributed by atoms with Gasteiger partial charge >= 0.3 is 6.09 Å². The number of aliphatic hydroxyl groups is 1. The summed E-state index contributed by atoms with van der Waals surface area (Å²) in [6, 6.07) is 2.38. The number of hydrogen-bond donors (Lipinski definition) is 3. The smallest absolute Gasteiger partial charge is 0.408 e. The van der Waals surface area contributed by atoms with Crippen molar-refractivity contribution in [3.05, 3.63) is 24.5 Å². The van der Waals surface area contributed by atoms with E-state index in [-0.39, 0.29) is 13.0 Å². The molecule has 3 N–H and O–H groups in total. The summed E-state index contributed by atoms with van der Waals surface area (Å²) in [5.74, 6) is -0.430. The molecule has 0 aliphatic carbocycles. The van der Waals surface area contributed by atoms with Crippen LogP contribution >= 0.6 is 0 Å². The average Bonchev–Trinajstić information content (AvgIpc) is 2.37. The molecule has 0 spiro atoms. The molecule has 21 heavy (non-hydrogen) atoms. The molecule has 0 saturated heterocycles. The van der Waals surface area contributed by atoms with Crippen molar-refractivity contribution >= 4 is 17.7 Å². The van der Waals surface area contributed by atoms with Crippen LogP contribution in [0.3, 0.4) is 0 Å². The van der Waals surface area contributed by atoms with Crippen LogP contribution in [0.1, 0.15) is 27.2 Å². The van der Waals surface area contributed by atoms with Crippen molar-refractivity contribution in [1.29, 1.82) is 0 Å². The maximum Gasteiger partial charge on any atom is 0.408 e. The average molecular weight is 295 g/mol. The molecule has 0 saturated carbocycles. The van der Waals surface area contributed by atoms with Crippen LogP contribution in [-0.2, 0) is 9.53 Å². The first-order valence-electron chi connectivity index (χ1n) is 6.63. The highest BCUT2D eigenvalue weighted by molar-refractivity contribution is 5.96. The zero-order valence-corrected chi connectivity index (χ0v) is 12.4. The Labute approximate surface area is 123 Å². The molecule has 0 fully saturated rings. The highest BCUT2D eigenvalue weighted by Crippen LogP contribution is 2.08. The van der Waals surface area contributed by atoms with Gasteiger partial charge in [0.05, 0.1) is 0 Å². The molecule has 0 aliphatic rings. The molecule has 0 aromatic carbocycles. The quantitative estimate of drug-likeness (QED) is 0.760. The number of aromatic nitrogens is 1. The van der Waals surface area contributed by atoms with Crippen LogP contribution < -0.4 is 10.6 Å². The lowest BCUT2D eigenvalue weighted by atomic mass is 10.2. The van der Waals surface area contributed by atoms with E-state index in [0.29, 0.717) is 5.69 Å². The molecule has 116 valence electrons. The number of ether oxygens (including phenoxy) is 1. The van der Waals surface area contributed by atoms with Gasteiger partial charge in [0.1, 0.15) is 11.6 Å². The van der Waals surface area contributed by atoms with Crippen LogP contribution in [0.4, 0.5) is 10.5 Å². The van der Waals surface area contributed by atoms with Gasteiger partial charge in [-0.1, -0.05) is 0 Å². The number of nitrogens with one attached hydrogen (secondary N) is 2. The second-order valence-electron chi connectivity index (χ2n) is 5.44. The normalized spacial score (nSPS) is 12.4. The van der Waals surface area contributed by atoms with Gasteiger partial charge in [-0.3, -0.25) is 9.78 Å². The van der Waals surface area contributed by atoms with Crippen molar-refractivity contribution in [1.82, 2.24) is 10.3 Å². The third-order valence-electron chi connectivity index (χ3n) is 2.37. The van der Waals surface area contributed by atoms with E-state index in [1.54, 1.807) is 32.9 Å². The Balaban J connectivity index is 2.63. The molecular formula is C14H21N3O4. The summed E-state index contributed by atoms with van der Waals surface area (Å²) in [6.45, 7) is 4.95. The summed E-state index contributed by atoms with van der Waals surface area (Å²) in [5.41, 5.74) is -0.0981. The predicted molar refractivity (Wildman–Crippen MR) is 77.7 cm³/mol. The molecule has 0 radical (unpaired) electrons. The SMILES string of the molecule is CC(C)(C)OC(=O)N[C@@H](CCO)C(=O)Nc1ccncc1. The number of hydrogen-bond acceptors (Lipinski definition) is 5. The Morgan fingerprint density at radius 3 is 2.48 bits per heavy atom. The van der Waals surface area contributed by atoms with Gasteiger partial charge in [0, 0.05) is 24.7 Å². The van der Waals surface area contributed by atoms with Crippen molar-refractivity contribution in [3.8, 4) is 0 Å². The van der Waals surface area contributed by atoms with Crippen molar-refractivity contribution in [2.45, 2.75) is 38.8 Å². The minimum atomic E-state index is -0.877. The van der Waals surface area contributed by atoms with E-state index in [1.807, 2.05) is 0 Å². The first-order chi connectivity index (χ1) is 9.81. The van der Waals surface area contributed by atoms with Gasteiger partial charge < -0.3 is 20.5 Å². The van der Waals surface area contributed by atoms with E-state index in [2.05, 4.69) is 15.6 Å². The Morgan fingerprint density at radius 2 is 1.95 bits per heavy atom. The number of alkyl carbamates (subject to hydrolysis) is 1. The number of anilines is 1. The van der Waals surface area contributed by atoms with Crippen molar-refractivity contribution in [2.75, 3.05) is 11.9 Å². The first kappa shape index (κ1) is 16.9. The number of amides is 2. The molecule has 1 rings (SSSR count). The van der Waals surface area contributed by atoms with E-state index in [0.717, 1.165) is 0 Å². The molecule has 2 amide bonds. The van der Waals surface area contributed by atoms with E-state index in [4.69, 9.17) is 9.84 Å². The van der Waals surface area contributed by atoms with E-state index >= 15 is 0 Å². The third-order valence-corrected chi connectivity index (χ3v) is 2.37. The lowest BCUT2D eigenvalue weighted by molar-refractivity contribution is -0.118. The van der Waals surface area contributed by atoms with Crippen molar-refractivity contribution in [2.24, 2.45) is 0 Å². The molecule has 1 aromatic heterocycles. The number of pyridine rings is 1. The fourth-order valence-corrected chi connectivity index (χ4v) is 1.51. The van der Waals surface area contributed by atoms with Crippen LogP contribution in [0, 0.1) is 0 Å². The maximum absolute atomic E-state index is 12.1. The minimum absolute atomic E-state index is 0.0934. The second-order valence-corrected chi connectivity index (χ2v) is 5.44. The maximum atomic E-state index is 12.1. The van der Waals surface area contributed by atoms with Crippen LogP contribution in [0.25, 0.3) is 0 Å². The number of rotatable bonds is 5. The lowest BCUT2D eigenvalue weighted by Gasteiger charge is -2.23. The Hall–Kier alpha value is -2.15. The number of carbonyl (C=O) groups excluding carboxylic acids is 2. The molecule has 1 heterocycles. The zero-order valence-electron chi connectivity index (χ0n) is 12.4. The summed E-state index contributed by atoms with van der Waals surface area (Å²) in [4.78, 5) is 27.6. The van der Waals surface area contributed by atoms with Gasteiger partial charge in [-0.05, 0) is 39.3 Å². The largest absolute Gasteiger partial charge is 0.444 e. The van der Waals surface area contributed by atoms with Gasteiger partial charge in [-0.25, -0.2) is 4.79 Å². The lowest BCUT2D eigenvalue weighted by Crippen LogP contribution is -2.46. The Morgan fingerprint density at radius 1 is 1.33 bits per heavy atom. The molecule has 1 atom stereocenters. The summed E-state index contributed by atoms with van der Waals surface area (Å²) in [6.07, 6.45) is 2.47. The van der Waals surface area contributed by atoms with Gasteiger partial charge in [0.2, 0.25) is 5.91 Å². The number of aliphatic hydroxyl groups excluding tert-OH is 1. The van der Waals surface area contributed by atoms with Crippen molar-refractivity contribution < 1.29 is 19.4 Å². The highest BCUT2D eigenvalue weighted by atomic mass is 16.6. The fraction of sp³-hybridized carbons (Fsp3) is 0.500. The predicted octanol–water partition coefficient (Wildman–Crippen LogP) is 1.30. The van der Waals surface area contributed by atoms with Crippen LogP contribution in [0.15, 0.2) is 24.5 Å². The third kappa shape index (κ3) is 6.71. The minimum Gasteiger partial charge on any atom is -0.444 e. The fourth-order valence-electron chi connectivity index (χ4n) is 1.51. The summed E-state index contributed by atoms with van der Waals surface area (Å²) < 4.78 is 5.09. The Kier molecular flexibility index (Phi) is 6.10. The topological polar surface area (TPSA) is 101 Å². The van der Waals surface area contributed by atoms with E-state index < -0.39 is 23.6 Å². The van der Waals surface area contributed by atoms with Gasteiger partial charge in [-0.2, -0.15) is 0 Å². The summed E-state index contributed by atoms with van der Waals surface area (Å²) in [7, 11) is 0. The van der Waals surface area contributed by atoms with Gasteiger partial charge in [0.15, 0.2) is 0 Å². The Bertz CT molecular complexity index is 471. The number of carbonyl (C=O) groups is 2. The molecule has 0 aliphatic heterocycles. The van der Waals surface area contributed by atoms with Crippen molar-refractivity contribution in [3.63, 3.8) is 0 Å². The molecule has 7 heteroatoms. The summed E-state index contributed by atoms with van der Waals surface area (Å²) >= 11 is 0. The van der Waals surface area contributed by atoms with Crippen LogP contribution in [0.2, 0.25) is 0 Å². The molecule has 0 bridgehead atoms. The summed E-state index contributed by atoms with van der Waals surface area (Å²) in [5, 5.41) is 14.1. The van der Waals surface area contributed by atoms with E-state index in [9.17, 15) is 9.59 Å². The van der Waals surface area contributed by atoms with Crippen LogP contribution in [-0.4, -0.2) is 40.3 Å². The molecular weight excluding hydrogens is 274 g/mol. The number of nitrogens with zero attached hydrogens (tertiary/aromatic N) is 1. The first-order valence-corrected chi connectivity index (χ1v) is 6.63. The van der Waals surface area contributed by atoms with Gasteiger partial charge in [0.25, 0.3) is 0 Å². The molecule has 1 aromatic rings. The monoisotopic (exact) mass is 295 g/mol. The van der Waals surface area contributed by atoms with Gasteiger partial charge in [-0.15, -0.1) is 0 Å². The molecule has 7 nitrogen and oxygen atoms in total. The zero-order chi connectivity index (χ0) is 15.9. The van der Waals surface area contributed by atoms with E-state index in [1.165, 1.54) is 12.4 Å². The van der Waals surface area contributed by atoms with Crippen LogP contribution in [0.5, 0.6) is 0 Å². The highest BCUT2D eigenvalue weighted by Gasteiger charge is 2.24. The second kappa shape index (κ2) is 7.58.